The highest BCUT2D eigenvalue weighted by atomic mass is 16.9. The zero-order chi connectivity index (χ0) is 12.3. The lowest BCUT2D eigenvalue weighted by molar-refractivity contribution is -0.153. The largest absolute Gasteiger partial charge is 0.508 e. The predicted octanol–water partition coefficient (Wildman–Crippen LogP) is 0.977. The van der Waals surface area contributed by atoms with Crippen molar-refractivity contribution in [2.75, 3.05) is 0 Å². The maximum atomic E-state index is 10.3. The Kier molecular flexibility index (Phi) is 3.69. The highest BCUT2D eigenvalue weighted by Gasteiger charge is 2.42. The van der Waals surface area contributed by atoms with Crippen LogP contribution in [0.5, 0.6) is 0 Å². The predicted molar refractivity (Wildman–Crippen MR) is 46.6 cm³/mol. The average molecular weight is 234 g/mol. The van der Waals surface area contributed by atoms with E-state index in [1.807, 2.05) is 0 Å². The summed E-state index contributed by atoms with van der Waals surface area (Å²) in [5, 5.41) is 16.7. The topological polar surface area (TPSA) is 112 Å². The Morgan fingerprint density at radius 3 is 1.75 bits per heavy atom. The molecular weight excluding hydrogens is 224 g/mol. The molecule has 8 heteroatoms. The standard InChI is InChI=1S/C8H10O8/c1-3(2)4-13-5(15-7(9)10)6(14-4)16-8(11)12/h4-6H,1H2,2H3,(H,9,10)(H,11,12)/t5-,6-/m0/s1. The molecule has 0 bridgehead atoms. The summed E-state index contributed by atoms with van der Waals surface area (Å²) in [5.41, 5.74) is 0.426. The summed E-state index contributed by atoms with van der Waals surface area (Å²) in [4.78, 5) is 20.6. The molecule has 1 fully saturated rings. The van der Waals surface area contributed by atoms with Gasteiger partial charge in [-0.05, 0) is 12.5 Å². The second kappa shape index (κ2) is 4.81. The van der Waals surface area contributed by atoms with Gasteiger partial charge in [-0.3, -0.25) is 0 Å². The van der Waals surface area contributed by atoms with Gasteiger partial charge in [-0.15, -0.1) is 0 Å². The molecule has 0 spiro atoms. The van der Waals surface area contributed by atoms with Crippen LogP contribution in [-0.2, 0) is 18.9 Å². The van der Waals surface area contributed by atoms with Gasteiger partial charge in [0.1, 0.15) is 0 Å². The maximum absolute atomic E-state index is 10.3. The number of carboxylic acid groups (broad SMARTS) is 2. The number of hydrogen-bond donors (Lipinski definition) is 2. The van der Waals surface area contributed by atoms with Crippen LogP contribution in [0.3, 0.4) is 0 Å². The third kappa shape index (κ3) is 3.11. The van der Waals surface area contributed by atoms with Gasteiger partial charge in [0.15, 0.2) is 6.29 Å². The molecule has 0 aromatic rings. The Labute approximate surface area is 90.0 Å². The van der Waals surface area contributed by atoms with Crippen LogP contribution in [0.15, 0.2) is 12.2 Å². The van der Waals surface area contributed by atoms with E-state index >= 15 is 0 Å². The van der Waals surface area contributed by atoms with Crippen LogP contribution in [0.2, 0.25) is 0 Å². The van der Waals surface area contributed by atoms with Crippen molar-refractivity contribution >= 4 is 12.3 Å². The van der Waals surface area contributed by atoms with Crippen LogP contribution in [0.4, 0.5) is 9.59 Å². The molecule has 2 atom stereocenters. The minimum Gasteiger partial charge on any atom is -0.450 e. The zero-order valence-corrected chi connectivity index (χ0v) is 8.28. The van der Waals surface area contributed by atoms with Gasteiger partial charge in [-0.1, -0.05) is 6.58 Å². The van der Waals surface area contributed by atoms with E-state index in [9.17, 15) is 9.59 Å². The Bertz CT molecular complexity index is 287. The molecule has 0 aliphatic carbocycles. The van der Waals surface area contributed by atoms with Crippen molar-refractivity contribution in [1.82, 2.24) is 0 Å². The van der Waals surface area contributed by atoms with Gasteiger partial charge >= 0.3 is 12.3 Å². The third-order valence-corrected chi connectivity index (χ3v) is 1.57. The van der Waals surface area contributed by atoms with Crippen LogP contribution in [0.25, 0.3) is 0 Å². The van der Waals surface area contributed by atoms with Crippen LogP contribution >= 0.6 is 0 Å². The van der Waals surface area contributed by atoms with Crippen molar-refractivity contribution in [2.24, 2.45) is 0 Å². The van der Waals surface area contributed by atoms with Gasteiger partial charge in [0.2, 0.25) is 0 Å². The lowest BCUT2D eigenvalue weighted by Crippen LogP contribution is -2.31. The normalized spacial score (nSPS) is 25.1. The molecule has 0 amide bonds. The summed E-state index contributed by atoms with van der Waals surface area (Å²) < 4.78 is 18.4. The summed E-state index contributed by atoms with van der Waals surface area (Å²) in [5.74, 6) is 0. The van der Waals surface area contributed by atoms with Gasteiger partial charge in [-0.2, -0.15) is 0 Å². The average Bonchev–Trinajstić information content (AvgIpc) is 2.46. The number of carbonyl (C=O) groups is 2. The first kappa shape index (κ1) is 12.3. The van der Waals surface area contributed by atoms with Gasteiger partial charge in [0.25, 0.3) is 12.6 Å². The summed E-state index contributed by atoms with van der Waals surface area (Å²) in [6, 6.07) is 0. The van der Waals surface area contributed by atoms with Crippen molar-refractivity contribution in [3.8, 4) is 0 Å². The molecule has 2 N–H and O–H groups in total. The van der Waals surface area contributed by atoms with Gasteiger partial charge in [0.05, 0.1) is 0 Å². The summed E-state index contributed by atoms with van der Waals surface area (Å²) >= 11 is 0. The summed E-state index contributed by atoms with van der Waals surface area (Å²) in [7, 11) is 0. The van der Waals surface area contributed by atoms with Crippen molar-refractivity contribution in [3.05, 3.63) is 12.2 Å². The molecule has 8 nitrogen and oxygen atoms in total. The Hall–Kier alpha value is -1.80. The SMILES string of the molecule is C=C(C)C1O[C@@H](OC(=O)O)[C@H](OC(=O)O)O1. The fraction of sp³-hybridized carbons (Fsp3) is 0.500. The van der Waals surface area contributed by atoms with E-state index in [4.69, 9.17) is 19.7 Å². The fourth-order valence-electron chi connectivity index (χ4n) is 1.00. The maximum Gasteiger partial charge on any atom is 0.508 e. The van der Waals surface area contributed by atoms with Gasteiger partial charge in [-0.25, -0.2) is 9.59 Å². The van der Waals surface area contributed by atoms with Crippen LogP contribution in [0, 0.1) is 0 Å². The number of hydrogen-bond acceptors (Lipinski definition) is 6. The van der Waals surface area contributed by atoms with E-state index in [-0.39, 0.29) is 0 Å². The Morgan fingerprint density at radius 2 is 1.50 bits per heavy atom. The molecule has 1 aliphatic heterocycles. The molecule has 1 aliphatic rings. The van der Waals surface area contributed by atoms with E-state index in [0.29, 0.717) is 5.57 Å². The van der Waals surface area contributed by atoms with Gasteiger partial charge in [0, 0.05) is 0 Å². The molecular formula is C8H10O8. The molecule has 0 aromatic carbocycles. The lowest BCUT2D eigenvalue weighted by atomic mass is 10.3. The van der Waals surface area contributed by atoms with E-state index < -0.39 is 31.2 Å². The minimum absolute atomic E-state index is 0.426. The molecule has 0 aromatic heterocycles. The summed E-state index contributed by atoms with van der Waals surface area (Å²) in [6.07, 6.45) is -7.15. The first-order valence-electron chi connectivity index (χ1n) is 4.15. The van der Waals surface area contributed by atoms with Crippen molar-refractivity contribution < 1.29 is 38.7 Å². The fourth-order valence-corrected chi connectivity index (χ4v) is 1.00. The van der Waals surface area contributed by atoms with E-state index in [0.717, 1.165) is 0 Å². The van der Waals surface area contributed by atoms with Crippen molar-refractivity contribution in [2.45, 2.75) is 25.8 Å². The second-order valence-electron chi connectivity index (χ2n) is 2.95. The summed E-state index contributed by atoms with van der Waals surface area (Å²) in [6.45, 7) is 5.07. The highest BCUT2D eigenvalue weighted by molar-refractivity contribution is 5.58. The van der Waals surface area contributed by atoms with Gasteiger partial charge < -0.3 is 29.2 Å². The smallest absolute Gasteiger partial charge is 0.450 e. The molecule has 16 heavy (non-hydrogen) atoms. The zero-order valence-electron chi connectivity index (χ0n) is 8.28. The minimum atomic E-state index is -1.63. The molecule has 0 unspecified atom stereocenters. The quantitative estimate of drug-likeness (QED) is 0.548. The molecule has 0 saturated carbocycles. The van der Waals surface area contributed by atoms with Crippen LogP contribution in [0.1, 0.15) is 6.92 Å². The number of ether oxygens (including phenoxy) is 4. The van der Waals surface area contributed by atoms with Crippen molar-refractivity contribution in [3.63, 3.8) is 0 Å². The second-order valence-corrected chi connectivity index (χ2v) is 2.95. The first-order chi connectivity index (χ1) is 7.40. The lowest BCUT2D eigenvalue weighted by Gasteiger charge is -2.13. The molecule has 1 saturated heterocycles. The van der Waals surface area contributed by atoms with Crippen LogP contribution in [-0.4, -0.2) is 41.4 Å². The monoisotopic (exact) mass is 234 g/mol. The molecule has 1 rings (SSSR count). The Balaban J connectivity index is 2.66. The molecule has 90 valence electrons. The van der Waals surface area contributed by atoms with E-state index in [1.54, 1.807) is 6.92 Å². The van der Waals surface area contributed by atoms with E-state index in [1.165, 1.54) is 0 Å². The van der Waals surface area contributed by atoms with Crippen molar-refractivity contribution in [1.29, 1.82) is 0 Å². The highest BCUT2D eigenvalue weighted by Crippen LogP contribution is 2.25. The Morgan fingerprint density at radius 1 is 1.12 bits per heavy atom. The number of rotatable bonds is 3. The molecule has 0 radical (unpaired) electrons. The third-order valence-electron chi connectivity index (χ3n) is 1.57. The first-order valence-corrected chi connectivity index (χ1v) is 4.15. The van der Waals surface area contributed by atoms with Crippen LogP contribution < -0.4 is 0 Å². The molecule has 1 heterocycles. The van der Waals surface area contributed by atoms with E-state index in [2.05, 4.69) is 16.1 Å².